The number of hydrogen-bond donors (Lipinski definition) is 1. The first kappa shape index (κ1) is 14.5. The predicted molar refractivity (Wildman–Crippen MR) is 78.7 cm³/mol. The number of halogens is 3. The van der Waals surface area contributed by atoms with Crippen LogP contribution in [0.3, 0.4) is 0 Å². The van der Waals surface area contributed by atoms with Gasteiger partial charge in [-0.05, 0) is 36.4 Å². The van der Waals surface area contributed by atoms with E-state index in [-0.39, 0.29) is 14.9 Å². The van der Waals surface area contributed by atoms with E-state index >= 15 is 0 Å². The first-order valence-corrected chi connectivity index (χ1v) is 7.74. The average molecular weight is 337 g/mol. The fourth-order valence-corrected chi connectivity index (χ4v) is 3.79. The molecule has 0 fully saturated rings. The molecule has 0 saturated carbocycles. The molecule has 0 aliphatic rings. The first-order chi connectivity index (χ1) is 8.90. The van der Waals surface area contributed by atoms with Gasteiger partial charge in [0.1, 0.15) is 4.90 Å². The highest BCUT2D eigenvalue weighted by molar-refractivity contribution is 7.93. The van der Waals surface area contributed by atoms with Crippen molar-refractivity contribution in [2.45, 2.75) is 4.90 Å². The Morgan fingerprint density at radius 1 is 0.842 bits per heavy atom. The Kier molecular flexibility index (Phi) is 4.26. The number of benzene rings is 2. The van der Waals surface area contributed by atoms with Crippen LogP contribution < -0.4 is 4.72 Å². The summed E-state index contributed by atoms with van der Waals surface area (Å²) in [5.74, 6) is 0. The third kappa shape index (κ3) is 3.34. The molecule has 19 heavy (non-hydrogen) atoms. The fourth-order valence-electron chi connectivity index (χ4n) is 1.46. The van der Waals surface area contributed by atoms with Gasteiger partial charge in [-0.2, -0.15) is 0 Å². The molecule has 0 spiro atoms. The standard InChI is InChI=1S/C12H8Cl3NO2S/c13-8-4-6-9(7-5-8)16-19(17,18)12-10(14)2-1-3-11(12)15/h1-7,16H. The maximum Gasteiger partial charge on any atom is 0.264 e. The zero-order valence-electron chi connectivity index (χ0n) is 9.40. The summed E-state index contributed by atoms with van der Waals surface area (Å²) in [5, 5.41) is 0.640. The third-order valence-corrected chi connectivity index (χ3v) is 4.87. The number of nitrogens with one attached hydrogen (secondary N) is 1. The van der Waals surface area contributed by atoms with E-state index in [2.05, 4.69) is 4.72 Å². The van der Waals surface area contributed by atoms with Gasteiger partial charge in [0.15, 0.2) is 0 Å². The van der Waals surface area contributed by atoms with Crippen molar-refractivity contribution in [1.29, 1.82) is 0 Å². The van der Waals surface area contributed by atoms with Crippen LogP contribution in [0.1, 0.15) is 0 Å². The molecule has 3 nitrogen and oxygen atoms in total. The van der Waals surface area contributed by atoms with E-state index in [1.54, 1.807) is 30.3 Å². The number of rotatable bonds is 3. The second-order valence-electron chi connectivity index (χ2n) is 3.66. The Bertz CT molecular complexity index is 679. The van der Waals surface area contributed by atoms with Crippen molar-refractivity contribution in [3.63, 3.8) is 0 Å². The van der Waals surface area contributed by atoms with Crippen molar-refractivity contribution in [2.24, 2.45) is 0 Å². The second-order valence-corrected chi connectivity index (χ2v) is 6.53. The van der Waals surface area contributed by atoms with Crippen molar-refractivity contribution >= 4 is 50.5 Å². The summed E-state index contributed by atoms with van der Waals surface area (Å²) in [6, 6.07) is 10.7. The predicted octanol–water partition coefficient (Wildman–Crippen LogP) is 4.45. The number of sulfonamides is 1. The smallest absolute Gasteiger partial charge is 0.264 e. The molecule has 0 radical (unpaired) electrons. The van der Waals surface area contributed by atoms with Crippen molar-refractivity contribution in [3.8, 4) is 0 Å². The van der Waals surface area contributed by atoms with Crippen molar-refractivity contribution in [3.05, 3.63) is 57.5 Å². The summed E-state index contributed by atoms with van der Waals surface area (Å²) < 4.78 is 26.8. The highest BCUT2D eigenvalue weighted by Crippen LogP contribution is 2.30. The molecule has 0 atom stereocenters. The van der Waals surface area contributed by atoms with Crippen LogP contribution >= 0.6 is 34.8 Å². The van der Waals surface area contributed by atoms with Gasteiger partial charge in [-0.1, -0.05) is 40.9 Å². The lowest BCUT2D eigenvalue weighted by Crippen LogP contribution is -2.13. The summed E-state index contributed by atoms with van der Waals surface area (Å²) >= 11 is 17.5. The van der Waals surface area contributed by atoms with E-state index < -0.39 is 10.0 Å². The number of anilines is 1. The summed E-state index contributed by atoms with van der Waals surface area (Å²) in [6.07, 6.45) is 0. The van der Waals surface area contributed by atoms with E-state index in [9.17, 15) is 8.42 Å². The largest absolute Gasteiger partial charge is 0.280 e. The Hall–Kier alpha value is -0.940. The summed E-state index contributed by atoms with van der Waals surface area (Å²) in [5.41, 5.74) is 0.375. The monoisotopic (exact) mass is 335 g/mol. The topological polar surface area (TPSA) is 46.2 Å². The lowest BCUT2D eigenvalue weighted by Gasteiger charge is -2.10. The van der Waals surface area contributed by atoms with Crippen LogP contribution in [0.25, 0.3) is 0 Å². The lowest BCUT2D eigenvalue weighted by atomic mass is 10.3. The zero-order chi connectivity index (χ0) is 14.0. The molecule has 2 aromatic rings. The number of hydrogen-bond acceptors (Lipinski definition) is 2. The molecule has 1 N–H and O–H groups in total. The molecule has 0 bridgehead atoms. The molecular weight excluding hydrogens is 329 g/mol. The van der Waals surface area contributed by atoms with Gasteiger partial charge >= 0.3 is 0 Å². The molecular formula is C12H8Cl3NO2S. The Morgan fingerprint density at radius 2 is 1.37 bits per heavy atom. The molecule has 0 aliphatic heterocycles. The van der Waals surface area contributed by atoms with Gasteiger partial charge in [0, 0.05) is 10.7 Å². The maximum atomic E-state index is 12.2. The molecule has 100 valence electrons. The minimum absolute atomic E-state index is 0.0639. The Labute approximate surface area is 126 Å². The van der Waals surface area contributed by atoms with E-state index in [1.165, 1.54) is 12.1 Å². The molecule has 2 rings (SSSR count). The fraction of sp³-hybridized carbons (Fsp3) is 0. The summed E-state index contributed by atoms with van der Waals surface area (Å²) in [6.45, 7) is 0. The van der Waals surface area contributed by atoms with Crippen molar-refractivity contribution in [1.82, 2.24) is 0 Å². The highest BCUT2D eigenvalue weighted by atomic mass is 35.5. The van der Waals surface area contributed by atoms with E-state index in [1.807, 2.05) is 0 Å². The van der Waals surface area contributed by atoms with Crippen LogP contribution in [0.4, 0.5) is 5.69 Å². The van der Waals surface area contributed by atoms with Crippen LogP contribution in [0.15, 0.2) is 47.4 Å². The van der Waals surface area contributed by atoms with Gasteiger partial charge in [-0.3, -0.25) is 4.72 Å². The van der Waals surface area contributed by atoms with Crippen molar-refractivity contribution in [2.75, 3.05) is 4.72 Å². The molecule has 7 heteroatoms. The van der Waals surface area contributed by atoms with Crippen LogP contribution in [0, 0.1) is 0 Å². The third-order valence-electron chi connectivity index (χ3n) is 2.28. The Morgan fingerprint density at radius 3 is 1.89 bits per heavy atom. The highest BCUT2D eigenvalue weighted by Gasteiger charge is 2.21. The van der Waals surface area contributed by atoms with Gasteiger partial charge in [-0.25, -0.2) is 8.42 Å². The molecule has 0 aromatic heterocycles. The first-order valence-electron chi connectivity index (χ1n) is 5.12. The molecule has 2 aromatic carbocycles. The van der Waals surface area contributed by atoms with E-state index in [4.69, 9.17) is 34.8 Å². The second kappa shape index (κ2) is 5.59. The Balaban J connectivity index is 2.41. The van der Waals surface area contributed by atoms with Gasteiger partial charge < -0.3 is 0 Å². The summed E-state index contributed by atoms with van der Waals surface area (Å²) in [4.78, 5) is -0.145. The van der Waals surface area contributed by atoms with E-state index in [0.717, 1.165) is 0 Å². The maximum absolute atomic E-state index is 12.2. The van der Waals surface area contributed by atoms with Crippen LogP contribution in [-0.4, -0.2) is 8.42 Å². The minimum Gasteiger partial charge on any atom is -0.280 e. The molecule has 0 saturated heterocycles. The van der Waals surface area contributed by atoms with Crippen LogP contribution in [-0.2, 0) is 10.0 Å². The van der Waals surface area contributed by atoms with Crippen LogP contribution in [0.5, 0.6) is 0 Å². The van der Waals surface area contributed by atoms with Gasteiger partial charge in [0.2, 0.25) is 0 Å². The molecule has 0 amide bonds. The van der Waals surface area contributed by atoms with Gasteiger partial charge in [0.25, 0.3) is 10.0 Å². The van der Waals surface area contributed by atoms with Crippen molar-refractivity contribution < 1.29 is 8.42 Å². The quantitative estimate of drug-likeness (QED) is 0.900. The SMILES string of the molecule is O=S(=O)(Nc1ccc(Cl)cc1)c1c(Cl)cccc1Cl. The average Bonchev–Trinajstić information content (AvgIpc) is 2.31. The molecule has 0 unspecified atom stereocenters. The van der Waals surface area contributed by atoms with E-state index in [0.29, 0.717) is 10.7 Å². The van der Waals surface area contributed by atoms with Gasteiger partial charge in [0.05, 0.1) is 10.0 Å². The molecule has 0 heterocycles. The normalized spacial score (nSPS) is 11.3. The lowest BCUT2D eigenvalue weighted by molar-refractivity contribution is 0.601. The van der Waals surface area contributed by atoms with Crippen LogP contribution in [0.2, 0.25) is 15.1 Å². The minimum atomic E-state index is -3.84. The molecule has 0 aliphatic carbocycles. The summed E-state index contributed by atoms with van der Waals surface area (Å²) in [7, 11) is -3.84. The van der Waals surface area contributed by atoms with Gasteiger partial charge in [-0.15, -0.1) is 0 Å². The zero-order valence-corrected chi connectivity index (χ0v) is 12.5.